The summed E-state index contributed by atoms with van der Waals surface area (Å²) in [6.45, 7) is 1.31. The highest BCUT2D eigenvalue weighted by atomic mass is 19.4. The standard InChI is InChI=1S/C14H10F4O/c1-8-6-11(9-2-4-10(15)5-3-9)13(19)7-12(8)14(16,17)18/h2-7,19H,1H3. The highest BCUT2D eigenvalue weighted by Gasteiger charge is 2.33. The summed E-state index contributed by atoms with van der Waals surface area (Å²) in [5.74, 6) is -0.934. The zero-order valence-corrected chi connectivity index (χ0v) is 9.92. The molecule has 5 heteroatoms. The molecule has 0 spiro atoms. The van der Waals surface area contributed by atoms with E-state index in [2.05, 4.69) is 0 Å². The molecule has 0 aliphatic heterocycles. The average Bonchev–Trinajstić information content (AvgIpc) is 2.31. The van der Waals surface area contributed by atoms with Crippen molar-refractivity contribution in [1.29, 1.82) is 0 Å². The van der Waals surface area contributed by atoms with Crippen molar-refractivity contribution in [2.24, 2.45) is 0 Å². The first-order valence-corrected chi connectivity index (χ1v) is 5.46. The lowest BCUT2D eigenvalue weighted by Crippen LogP contribution is -2.07. The number of phenols is 1. The van der Waals surface area contributed by atoms with E-state index < -0.39 is 23.3 Å². The van der Waals surface area contributed by atoms with Crippen LogP contribution < -0.4 is 0 Å². The molecule has 2 aromatic rings. The van der Waals surface area contributed by atoms with E-state index in [4.69, 9.17) is 0 Å². The molecule has 1 N–H and O–H groups in total. The lowest BCUT2D eigenvalue weighted by molar-refractivity contribution is -0.138. The predicted octanol–water partition coefficient (Wildman–Crippen LogP) is 4.53. The van der Waals surface area contributed by atoms with Crippen molar-refractivity contribution in [2.45, 2.75) is 13.1 Å². The van der Waals surface area contributed by atoms with Crippen molar-refractivity contribution in [2.75, 3.05) is 0 Å². The number of alkyl halides is 3. The smallest absolute Gasteiger partial charge is 0.416 e. The molecule has 0 aromatic heterocycles. The zero-order chi connectivity index (χ0) is 14.2. The fourth-order valence-electron chi connectivity index (χ4n) is 1.86. The molecule has 1 nitrogen and oxygen atoms in total. The molecular weight excluding hydrogens is 260 g/mol. The van der Waals surface area contributed by atoms with Crippen LogP contribution in [-0.2, 0) is 6.18 Å². The third-order valence-electron chi connectivity index (χ3n) is 2.80. The molecule has 100 valence electrons. The Kier molecular flexibility index (Phi) is 3.22. The van der Waals surface area contributed by atoms with Gasteiger partial charge in [-0.3, -0.25) is 0 Å². The monoisotopic (exact) mass is 270 g/mol. The molecule has 0 amide bonds. The summed E-state index contributed by atoms with van der Waals surface area (Å²) < 4.78 is 50.8. The number of phenolic OH excluding ortho intramolecular Hbond substituents is 1. The van der Waals surface area contributed by atoms with Crippen LogP contribution in [0.1, 0.15) is 11.1 Å². The SMILES string of the molecule is Cc1cc(-c2ccc(F)cc2)c(O)cc1C(F)(F)F. The molecule has 19 heavy (non-hydrogen) atoms. The van der Waals surface area contributed by atoms with Crippen molar-refractivity contribution in [3.63, 3.8) is 0 Å². The molecule has 0 saturated heterocycles. The number of rotatable bonds is 1. The van der Waals surface area contributed by atoms with Crippen molar-refractivity contribution in [3.05, 3.63) is 53.3 Å². The van der Waals surface area contributed by atoms with Crippen LogP contribution in [0.4, 0.5) is 17.6 Å². The van der Waals surface area contributed by atoms with Crippen LogP contribution in [0.15, 0.2) is 36.4 Å². The fraction of sp³-hybridized carbons (Fsp3) is 0.143. The maximum atomic E-state index is 12.8. The Morgan fingerprint density at radius 2 is 1.58 bits per heavy atom. The lowest BCUT2D eigenvalue weighted by Gasteiger charge is -2.13. The topological polar surface area (TPSA) is 20.2 Å². The van der Waals surface area contributed by atoms with Crippen molar-refractivity contribution < 1.29 is 22.7 Å². The summed E-state index contributed by atoms with van der Waals surface area (Å²) >= 11 is 0. The summed E-state index contributed by atoms with van der Waals surface area (Å²) in [4.78, 5) is 0. The van der Waals surface area contributed by atoms with Gasteiger partial charge in [0.1, 0.15) is 11.6 Å². The maximum Gasteiger partial charge on any atom is 0.416 e. The van der Waals surface area contributed by atoms with Gasteiger partial charge >= 0.3 is 6.18 Å². The van der Waals surface area contributed by atoms with E-state index in [0.29, 0.717) is 11.6 Å². The van der Waals surface area contributed by atoms with Gasteiger partial charge in [0, 0.05) is 5.56 Å². The fourth-order valence-corrected chi connectivity index (χ4v) is 1.86. The van der Waals surface area contributed by atoms with Gasteiger partial charge in [-0.2, -0.15) is 13.2 Å². The Morgan fingerprint density at radius 1 is 1.00 bits per heavy atom. The van der Waals surface area contributed by atoms with Gasteiger partial charge in [-0.25, -0.2) is 4.39 Å². The van der Waals surface area contributed by atoms with Crippen molar-refractivity contribution in [3.8, 4) is 16.9 Å². The number of aromatic hydroxyl groups is 1. The molecule has 0 unspecified atom stereocenters. The van der Waals surface area contributed by atoms with E-state index in [0.717, 1.165) is 0 Å². The molecule has 2 aromatic carbocycles. The summed E-state index contributed by atoms with van der Waals surface area (Å²) in [7, 11) is 0. The lowest BCUT2D eigenvalue weighted by atomic mass is 9.98. The van der Waals surface area contributed by atoms with Crippen molar-refractivity contribution in [1.82, 2.24) is 0 Å². The first-order chi connectivity index (χ1) is 8.79. The predicted molar refractivity (Wildman–Crippen MR) is 63.2 cm³/mol. The normalized spacial score (nSPS) is 11.6. The second-order valence-corrected chi connectivity index (χ2v) is 4.19. The summed E-state index contributed by atoms with van der Waals surface area (Å²) in [5, 5.41) is 9.71. The van der Waals surface area contributed by atoms with Gasteiger partial charge in [0.15, 0.2) is 0 Å². The van der Waals surface area contributed by atoms with Crippen LogP contribution in [0, 0.1) is 12.7 Å². The zero-order valence-electron chi connectivity index (χ0n) is 9.92. The van der Waals surface area contributed by atoms with Crippen LogP contribution in [-0.4, -0.2) is 5.11 Å². The Morgan fingerprint density at radius 3 is 2.11 bits per heavy atom. The van der Waals surface area contributed by atoms with Crippen LogP contribution in [0.5, 0.6) is 5.75 Å². The summed E-state index contributed by atoms with van der Waals surface area (Å²) in [6, 6.07) is 7.09. The van der Waals surface area contributed by atoms with Crippen LogP contribution in [0.3, 0.4) is 0 Å². The Hall–Kier alpha value is -2.04. The van der Waals surface area contributed by atoms with E-state index >= 15 is 0 Å². The Labute approximate surface area is 107 Å². The second kappa shape index (κ2) is 4.57. The van der Waals surface area contributed by atoms with Gasteiger partial charge in [0.25, 0.3) is 0 Å². The molecular formula is C14H10F4O. The Bertz CT molecular complexity index is 600. The number of benzene rings is 2. The minimum absolute atomic E-state index is 0.00428. The van der Waals surface area contributed by atoms with Gasteiger partial charge in [-0.15, -0.1) is 0 Å². The van der Waals surface area contributed by atoms with Gasteiger partial charge in [0.2, 0.25) is 0 Å². The van der Waals surface area contributed by atoms with Crippen LogP contribution in [0.25, 0.3) is 11.1 Å². The third kappa shape index (κ3) is 2.70. The third-order valence-corrected chi connectivity index (χ3v) is 2.80. The molecule has 0 fully saturated rings. The van der Waals surface area contributed by atoms with Crippen LogP contribution in [0.2, 0.25) is 0 Å². The minimum Gasteiger partial charge on any atom is -0.507 e. The highest BCUT2D eigenvalue weighted by molar-refractivity contribution is 5.71. The van der Waals surface area contributed by atoms with Crippen molar-refractivity contribution >= 4 is 0 Å². The summed E-state index contributed by atoms with van der Waals surface area (Å²) in [5.41, 5.74) is -0.179. The van der Waals surface area contributed by atoms with E-state index in [9.17, 15) is 22.7 Å². The van der Waals surface area contributed by atoms with E-state index in [1.54, 1.807) is 0 Å². The average molecular weight is 270 g/mol. The minimum atomic E-state index is -4.51. The molecule has 0 aliphatic carbocycles. The van der Waals surface area contributed by atoms with Gasteiger partial charge in [-0.1, -0.05) is 12.1 Å². The Balaban J connectivity index is 2.55. The molecule has 0 saturated carbocycles. The highest BCUT2D eigenvalue weighted by Crippen LogP contribution is 2.38. The van der Waals surface area contributed by atoms with Crippen LogP contribution >= 0.6 is 0 Å². The number of hydrogen-bond donors (Lipinski definition) is 1. The largest absolute Gasteiger partial charge is 0.507 e. The molecule has 0 aliphatic rings. The van der Waals surface area contributed by atoms with E-state index in [1.165, 1.54) is 37.3 Å². The van der Waals surface area contributed by atoms with E-state index in [1.807, 2.05) is 0 Å². The molecule has 0 heterocycles. The summed E-state index contributed by atoms with van der Waals surface area (Å²) in [6.07, 6.45) is -4.51. The van der Waals surface area contributed by atoms with Gasteiger partial charge < -0.3 is 5.11 Å². The molecule has 0 bridgehead atoms. The first-order valence-electron chi connectivity index (χ1n) is 5.46. The molecule has 0 radical (unpaired) electrons. The second-order valence-electron chi connectivity index (χ2n) is 4.19. The van der Waals surface area contributed by atoms with Gasteiger partial charge in [0.05, 0.1) is 5.56 Å². The number of aryl methyl sites for hydroxylation is 1. The quantitative estimate of drug-likeness (QED) is 0.755. The molecule has 0 atom stereocenters. The number of hydrogen-bond acceptors (Lipinski definition) is 1. The maximum absolute atomic E-state index is 12.8. The van der Waals surface area contributed by atoms with Gasteiger partial charge in [-0.05, 0) is 42.3 Å². The first kappa shape index (κ1) is 13.4. The number of halogens is 4. The molecule has 2 rings (SSSR count). The van der Waals surface area contributed by atoms with E-state index in [-0.39, 0.29) is 11.1 Å².